The highest BCUT2D eigenvalue weighted by molar-refractivity contribution is 7.90. The van der Waals surface area contributed by atoms with Crippen molar-refractivity contribution in [2.45, 2.75) is 12.7 Å². The van der Waals surface area contributed by atoms with Crippen molar-refractivity contribution in [2.75, 3.05) is 12.9 Å². The Morgan fingerprint density at radius 2 is 1.81 bits per heavy atom. The van der Waals surface area contributed by atoms with Gasteiger partial charge in [-0.15, -0.1) is 0 Å². The summed E-state index contributed by atoms with van der Waals surface area (Å²) in [5.41, 5.74) is 1.09. The lowest BCUT2D eigenvalue weighted by molar-refractivity contribution is 0.0600. The molecule has 4 nitrogen and oxygen atoms in total. The van der Waals surface area contributed by atoms with Gasteiger partial charge in [-0.2, -0.15) is 0 Å². The van der Waals surface area contributed by atoms with E-state index in [0.717, 1.165) is 0 Å². The van der Waals surface area contributed by atoms with Gasteiger partial charge >= 0.3 is 5.97 Å². The molecule has 0 saturated heterocycles. The lowest BCUT2D eigenvalue weighted by atomic mass is 10.1. The minimum absolute atomic E-state index is 0.00491. The molecule has 0 aromatic heterocycles. The monoisotopic (exact) mass is 242 g/mol. The molecule has 0 aliphatic heterocycles. The van der Waals surface area contributed by atoms with Crippen molar-refractivity contribution in [1.82, 2.24) is 0 Å². The number of esters is 1. The Hall–Kier alpha value is -1.36. The molecule has 88 valence electrons. The standard InChI is InChI=1S/C11H14O4S/c1-3-16(13,14)8-9-4-6-10(7-5-9)11(12)15-2/h4-7H,3,8H2,1-2H3. The number of rotatable bonds is 4. The average molecular weight is 242 g/mol. The van der Waals surface area contributed by atoms with Crippen LogP contribution >= 0.6 is 0 Å². The first-order valence-electron chi connectivity index (χ1n) is 4.86. The zero-order valence-corrected chi connectivity index (χ0v) is 10.1. The number of methoxy groups -OCH3 is 1. The molecular formula is C11H14O4S. The molecule has 0 spiro atoms. The van der Waals surface area contributed by atoms with Gasteiger partial charge in [-0.25, -0.2) is 13.2 Å². The molecule has 1 aromatic carbocycles. The van der Waals surface area contributed by atoms with E-state index in [0.29, 0.717) is 11.1 Å². The largest absolute Gasteiger partial charge is 0.465 e. The summed E-state index contributed by atoms with van der Waals surface area (Å²) in [6, 6.07) is 6.37. The fourth-order valence-electron chi connectivity index (χ4n) is 1.21. The molecule has 0 radical (unpaired) electrons. The van der Waals surface area contributed by atoms with Crippen LogP contribution in [0.2, 0.25) is 0 Å². The molecule has 0 atom stereocenters. The van der Waals surface area contributed by atoms with Crippen LogP contribution in [0.1, 0.15) is 22.8 Å². The molecule has 1 aromatic rings. The van der Waals surface area contributed by atoms with Crippen LogP contribution in [0.5, 0.6) is 0 Å². The Bertz CT molecular complexity index is 459. The van der Waals surface area contributed by atoms with Crippen molar-refractivity contribution in [1.29, 1.82) is 0 Å². The van der Waals surface area contributed by atoms with Gasteiger partial charge in [0.25, 0.3) is 0 Å². The van der Waals surface area contributed by atoms with Crippen LogP contribution < -0.4 is 0 Å². The van der Waals surface area contributed by atoms with E-state index >= 15 is 0 Å². The zero-order chi connectivity index (χ0) is 12.2. The Morgan fingerprint density at radius 3 is 2.25 bits per heavy atom. The fourth-order valence-corrected chi connectivity index (χ4v) is 2.12. The predicted molar refractivity (Wildman–Crippen MR) is 60.9 cm³/mol. The summed E-state index contributed by atoms with van der Waals surface area (Å²) in [4.78, 5) is 11.1. The second kappa shape index (κ2) is 5.12. The van der Waals surface area contributed by atoms with Crippen LogP contribution in [-0.4, -0.2) is 27.2 Å². The Kier molecular flexibility index (Phi) is 4.06. The maximum atomic E-state index is 11.4. The van der Waals surface area contributed by atoms with Crippen molar-refractivity contribution in [3.8, 4) is 0 Å². The third-order valence-electron chi connectivity index (χ3n) is 2.20. The van der Waals surface area contributed by atoms with Gasteiger partial charge in [-0.05, 0) is 17.7 Å². The number of carbonyl (C=O) groups is 1. The van der Waals surface area contributed by atoms with E-state index in [1.165, 1.54) is 7.11 Å². The SMILES string of the molecule is CCS(=O)(=O)Cc1ccc(C(=O)OC)cc1. The maximum Gasteiger partial charge on any atom is 0.337 e. The van der Waals surface area contributed by atoms with Crippen LogP contribution in [0.15, 0.2) is 24.3 Å². The fraction of sp³-hybridized carbons (Fsp3) is 0.364. The molecule has 0 saturated carbocycles. The highest BCUT2D eigenvalue weighted by Gasteiger charge is 2.10. The van der Waals surface area contributed by atoms with Crippen molar-refractivity contribution < 1.29 is 17.9 Å². The van der Waals surface area contributed by atoms with Gasteiger partial charge in [0.1, 0.15) is 0 Å². The van der Waals surface area contributed by atoms with E-state index in [9.17, 15) is 13.2 Å². The summed E-state index contributed by atoms with van der Waals surface area (Å²) in [5, 5.41) is 0. The molecule has 0 N–H and O–H groups in total. The minimum Gasteiger partial charge on any atom is -0.465 e. The summed E-state index contributed by atoms with van der Waals surface area (Å²) >= 11 is 0. The van der Waals surface area contributed by atoms with Gasteiger partial charge in [-0.3, -0.25) is 0 Å². The van der Waals surface area contributed by atoms with Crippen LogP contribution in [0, 0.1) is 0 Å². The first-order valence-corrected chi connectivity index (χ1v) is 6.68. The molecule has 5 heteroatoms. The molecule has 0 aliphatic rings. The van der Waals surface area contributed by atoms with E-state index in [1.54, 1.807) is 31.2 Å². The summed E-state index contributed by atoms with van der Waals surface area (Å²) in [7, 11) is -1.72. The summed E-state index contributed by atoms with van der Waals surface area (Å²) in [6.45, 7) is 1.61. The molecular weight excluding hydrogens is 228 g/mol. The molecule has 0 amide bonds. The van der Waals surface area contributed by atoms with Crippen LogP contribution in [0.3, 0.4) is 0 Å². The third-order valence-corrected chi connectivity index (χ3v) is 3.85. The van der Waals surface area contributed by atoms with Crippen LogP contribution in [0.25, 0.3) is 0 Å². The van der Waals surface area contributed by atoms with E-state index in [2.05, 4.69) is 4.74 Å². The van der Waals surface area contributed by atoms with Gasteiger partial charge < -0.3 is 4.74 Å². The molecule has 1 rings (SSSR count). The maximum absolute atomic E-state index is 11.4. The van der Waals surface area contributed by atoms with E-state index in [4.69, 9.17) is 0 Å². The summed E-state index contributed by atoms with van der Waals surface area (Å²) in [6.07, 6.45) is 0. The van der Waals surface area contributed by atoms with Crippen LogP contribution in [-0.2, 0) is 20.3 Å². The van der Waals surface area contributed by atoms with Crippen molar-refractivity contribution in [2.24, 2.45) is 0 Å². The number of carbonyl (C=O) groups excluding carboxylic acids is 1. The highest BCUT2D eigenvalue weighted by Crippen LogP contribution is 2.09. The van der Waals surface area contributed by atoms with Gasteiger partial charge in [0.05, 0.1) is 18.4 Å². The van der Waals surface area contributed by atoms with Gasteiger partial charge in [0, 0.05) is 5.75 Å². The first kappa shape index (κ1) is 12.7. The van der Waals surface area contributed by atoms with Gasteiger partial charge in [-0.1, -0.05) is 19.1 Å². The van der Waals surface area contributed by atoms with E-state index in [-0.39, 0.29) is 11.5 Å². The predicted octanol–water partition coefficient (Wildman–Crippen LogP) is 1.41. The highest BCUT2D eigenvalue weighted by atomic mass is 32.2. The Morgan fingerprint density at radius 1 is 1.25 bits per heavy atom. The number of sulfone groups is 1. The molecule has 0 fully saturated rings. The van der Waals surface area contributed by atoms with Crippen molar-refractivity contribution in [3.05, 3.63) is 35.4 Å². The average Bonchev–Trinajstić information content (AvgIpc) is 2.28. The number of hydrogen-bond donors (Lipinski definition) is 0. The molecule has 0 bridgehead atoms. The molecule has 0 heterocycles. The quantitative estimate of drug-likeness (QED) is 0.749. The second-order valence-corrected chi connectivity index (χ2v) is 5.72. The van der Waals surface area contributed by atoms with Crippen LogP contribution in [0.4, 0.5) is 0 Å². The molecule has 16 heavy (non-hydrogen) atoms. The Labute approximate surface area is 95.2 Å². The Balaban J connectivity index is 2.84. The molecule has 0 unspecified atom stereocenters. The zero-order valence-electron chi connectivity index (χ0n) is 9.26. The number of hydrogen-bond acceptors (Lipinski definition) is 4. The van der Waals surface area contributed by atoms with Crippen molar-refractivity contribution >= 4 is 15.8 Å². The minimum atomic E-state index is -3.03. The lowest BCUT2D eigenvalue weighted by Gasteiger charge is -2.03. The number of benzene rings is 1. The van der Waals surface area contributed by atoms with E-state index in [1.807, 2.05) is 0 Å². The smallest absolute Gasteiger partial charge is 0.337 e. The normalized spacial score (nSPS) is 11.1. The lowest BCUT2D eigenvalue weighted by Crippen LogP contribution is -2.07. The molecule has 0 aliphatic carbocycles. The van der Waals surface area contributed by atoms with Gasteiger partial charge in [0.2, 0.25) is 0 Å². The topological polar surface area (TPSA) is 60.4 Å². The second-order valence-electron chi connectivity index (χ2n) is 3.37. The van der Waals surface area contributed by atoms with Crippen molar-refractivity contribution in [3.63, 3.8) is 0 Å². The number of ether oxygens (including phenoxy) is 1. The third kappa shape index (κ3) is 3.34. The van der Waals surface area contributed by atoms with E-state index < -0.39 is 15.8 Å². The van der Waals surface area contributed by atoms with Gasteiger partial charge in [0.15, 0.2) is 9.84 Å². The summed E-state index contributed by atoms with van der Waals surface area (Å²) in [5.74, 6) is -0.304. The first-order chi connectivity index (χ1) is 7.48. The summed E-state index contributed by atoms with van der Waals surface area (Å²) < 4.78 is 27.2.